The molecule has 0 bridgehead atoms. The van der Waals surface area contributed by atoms with Crippen LogP contribution >= 0.6 is 0 Å². The Morgan fingerprint density at radius 3 is 2.81 bits per heavy atom. The topological polar surface area (TPSA) is 90.2 Å². The molecule has 0 aliphatic heterocycles. The molecule has 1 aromatic carbocycles. The molecule has 1 rings (SSSR count). The first kappa shape index (κ1) is 12.6. The monoisotopic (exact) mass is 240 g/mol. The summed E-state index contributed by atoms with van der Waals surface area (Å²) in [6.45, 7) is -0.286. The summed E-state index contributed by atoms with van der Waals surface area (Å²) in [4.78, 5) is 0. The van der Waals surface area contributed by atoms with Crippen molar-refractivity contribution in [3.8, 4) is 6.07 Å². The van der Waals surface area contributed by atoms with Gasteiger partial charge < -0.3 is 5.11 Å². The van der Waals surface area contributed by atoms with Gasteiger partial charge in [0.05, 0.1) is 24.0 Å². The Kier molecular flexibility index (Phi) is 4.43. The first-order chi connectivity index (χ1) is 7.57. The Balaban J connectivity index is 2.65. The normalized spacial score (nSPS) is 11.0. The maximum Gasteiger partial charge on any atom is 0.214 e. The fraction of sp³-hybridized carbons (Fsp3) is 0.300. The molecule has 0 saturated carbocycles. The van der Waals surface area contributed by atoms with Crippen LogP contribution in [0.25, 0.3) is 0 Å². The van der Waals surface area contributed by atoms with Gasteiger partial charge >= 0.3 is 0 Å². The van der Waals surface area contributed by atoms with Gasteiger partial charge in [-0.05, 0) is 17.7 Å². The van der Waals surface area contributed by atoms with E-state index in [-0.39, 0.29) is 12.3 Å². The van der Waals surface area contributed by atoms with Crippen LogP contribution in [0.4, 0.5) is 0 Å². The van der Waals surface area contributed by atoms with E-state index in [2.05, 4.69) is 4.72 Å². The van der Waals surface area contributed by atoms with Crippen molar-refractivity contribution in [2.75, 3.05) is 12.4 Å². The van der Waals surface area contributed by atoms with E-state index in [1.165, 1.54) is 0 Å². The number of nitriles is 1. The molecule has 0 aromatic heterocycles. The van der Waals surface area contributed by atoms with Crippen molar-refractivity contribution in [1.82, 2.24) is 4.72 Å². The lowest BCUT2D eigenvalue weighted by Crippen LogP contribution is -2.27. The highest BCUT2D eigenvalue weighted by Crippen LogP contribution is 2.04. The first-order valence-electron chi connectivity index (χ1n) is 4.64. The molecule has 2 N–H and O–H groups in total. The first-order valence-corrected chi connectivity index (χ1v) is 6.30. The van der Waals surface area contributed by atoms with Crippen LogP contribution in [0.1, 0.15) is 11.1 Å². The van der Waals surface area contributed by atoms with Crippen molar-refractivity contribution < 1.29 is 13.5 Å². The van der Waals surface area contributed by atoms with Crippen molar-refractivity contribution >= 4 is 10.0 Å². The molecule has 0 unspecified atom stereocenters. The summed E-state index contributed by atoms with van der Waals surface area (Å²) in [7, 11) is -3.43. The molecular formula is C10H12N2O3S. The molecule has 0 saturated heterocycles. The van der Waals surface area contributed by atoms with Crippen LogP contribution in [0.3, 0.4) is 0 Å². The van der Waals surface area contributed by atoms with E-state index in [4.69, 9.17) is 10.4 Å². The van der Waals surface area contributed by atoms with Gasteiger partial charge in [0.2, 0.25) is 10.0 Å². The van der Waals surface area contributed by atoms with Crippen LogP contribution < -0.4 is 4.72 Å². The van der Waals surface area contributed by atoms with Gasteiger partial charge in [-0.3, -0.25) is 0 Å². The largest absolute Gasteiger partial charge is 0.395 e. The van der Waals surface area contributed by atoms with Crippen molar-refractivity contribution in [3.05, 3.63) is 35.4 Å². The third kappa shape index (κ3) is 3.98. The van der Waals surface area contributed by atoms with Gasteiger partial charge in [0, 0.05) is 6.54 Å². The summed E-state index contributed by atoms with van der Waals surface area (Å²) in [5.41, 5.74) is 1.19. The van der Waals surface area contributed by atoms with Gasteiger partial charge in [-0.15, -0.1) is 0 Å². The molecule has 0 aliphatic rings. The summed E-state index contributed by atoms with van der Waals surface area (Å²) < 4.78 is 24.8. The highest BCUT2D eigenvalue weighted by atomic mass is 32.2. The molecule has 0 amide bonds. The summed E-state index contributed by atoms with van der Waals surface area (Å²) in [5, 5.41) is 17.2. The average Bonchev–Trinajstić information content (AvgIpc) is 2.27. The highest BCUT2D eigenvalue weighted by molar-refractivity contribution is 7.89. The summed E-state index contributed by atoms with van der Waals surface area (Å²) in [5.74, 6) is -0.315. The summed E-state index contributed by atoms with van der Waals surface area (Å²) in [6, 6.07) is 8.64. The van der Waals surface area contributed by atoms with Gasteiger partial charge in [-0.1, -0.05) is 12.1 Å². The fourth-order valence-corrected chi connectivity index (χ4v) is 1.91. The van der Waals surface area contributed by atoms with Gasteiger partial charge in [-0.25, -0.2) is 13.1 Å². The van der Waals surface area contributed by atoms with Crippen LogP contribution in [0, 0.1) is 11.3 Å². The van der Waals surface area contributed by atoms with Crippen LogP contribution in [-0.4, -0.2) is 25.9 Å². The molecule has 1 aromatic rings. The number of benzene rings is 1. The van der Waals surface area contributed by atoms with Crippen molar-refractivity contribution in [3.63, 3.8) is 0 Å². The fourth-order valence-electron chi connectivity index (χ4n) is 1.14. The smallest absolute Gasteiger partial charge is 0.214 e. The molecule has 86 valence electrons. The third-order valence-electron chi connectivity index (χ3n) is 1.91. The van der Waals surface area contributed by atoms with Crippen molar-refractivity contribution in [2.24, 2.45) is 0 Å². The Morgan fingerprint density at radius 2 is 2.19 bits per heavy atom. The van der Waals surface area contributed by atoms with E-state index < -0.39 is 16.6 Å². The number of hydrogen-bond donors (Lipinski definition) is 2. The second-order valence-corrected chi connectivity index (χ2v) is 5.10. The molecule has 16 heavy (non-hydrogen) atoms. The van der Waals surface area contributed by atoms with E-state index in [0.717, 1.165) is 0 Å². The van der Waals surface area contributed by atoms with Gasteiger partial charge in [0.1, 0.15) is 0 Å². The number of aliphatic hydroxyl groups excluding tert-OH is 1. The van der Waals surface area contributed by atoms with Gasteiger partial charge in [0.25, 0.3) is 0 Å². The minimum absolute atomic E-state index is 0.123. The van der Waals surface area contributed by atoms with Crippen molar-refractivity contribution in [2.45, 2.75) is 6.54 Å². The number of nitrogens with zero attached hydrogens (tertiary/aromatic N) is 1. The third-order valence-corrected chi connectivity index (χ3v) is 3.22. The lowest BCUT2D eigenvalue weighted by Gasteiger charge is -2.05. The maximum absolute atomic E-state index is 11.2. The molecule has 0 heterocycles. The number of sulfonamides is 1. The van der Waals surface area contributed by atoms with Crippen molar-refractivity contribution in [1.29, 1.82) is 5.26 Å². The molecule has 0 fully saturated rings. The number of nitrogens with one attached hydrogen (secondary N) is 1. The van der Waals surface area contributed by atoms with E-state index in [1.807, 2.05) is 6.07 Å². The zero-order valence-corrected chi connectivity index (χ0v) is 9.37. The number of aliphatic hydroxyl groups is 1. The number of rotatable bonds is 5. The Morgan fingerprint density at radius 1 is 1.44 bits per heavy atom. The van der Waals surface area contributed by atoms with E-state index in [1.54, 1.807) is 24.3 Å². The summed E-state index contributed by atoms with van der Waals surface area (Å²) in [6.07, 6.45) is 0. The second kappa shape index (κ2) is 5.61. The molecule has 0 radical (unpaired) electrons. The zero-order chi connectivity index (χ0) is 12.0. The van der Waals surface area contributed by atoms with Crippen LogP contribution in [0.5, 0.6) is 0 Å². The predicted octanol–water partition coefficient (Wildman–Crippen LogP) is -0.0300. The quantitative estimate of drug-likeness (QED) is 0.756. The molecule has 0 aliphatic carbocycles. The molecule has 6 heteroatoms. The van der Waals surface area contributed by atoms with Crippen LogP contribution in [0.15, 0.2) is 24.3 Å². The molecule has 5 nitrogen and oxygen atoms in total. The van der Waals surface area contributed by atoms with Gasteiger partial charge in [0.15, 0.2) is 0 Å². The maximum atomic E-state index is 11.2. The zero-order valence-electron chi connectivity index (χ0n) is 8.55. The van der Waals surface area contributed by atoms with E-state index in [9.17, 15) is 8.42 Å². The Hall–Kier alpha value is -1.42. The average molecular weight is 240 g/mol. The Labute approximate surface area is 94.4 Å². The highest BCUT2D eigenvalue weighted by Gasteiger charge is 2.08. The summed E-state index contributed by atoms with van der Waals surface area (Å²) >= 11 is 0. The van der Waals surface area contributed by atoms with Gasteiger partial charge in [-0.2, -0.15) is 5.26 Å². The predicted molar refractivity (Wildman–Crippen MR) is 58.9 cm³/mol. The lowest BCUT2D eigenvalue weighted by molar-refractivity contribution is 0.319. The van der Waals surface area contributed by atoms with E-state index in [0.29, 0.717) is 11.1 Å². The standard InChI is InChI=1S/C10H12N2O3S/c11-7-9-2-1-3-10(6-9)8-12-16(14,15)5-4-13/h1-3,6,12-13H,4-5,8H2. The number of hydrogen-bond acceptors (Lipinski definition) is 4. The molecular weight excluding hydrogens is 228 g/mol. The van der Waals surface area contributed by atoms with E-state index >= 15 is 0 Å². The van der Waals surface area contributed by atoms with Crippen LogP contribution in [-0.2, 0) is 16.6 Å². The lowest BCUT2D eigenvalue weighted by atomic mass is 10.1. The molecule has 0 spiro atoms. The SMILES string of the molecule is N#Cc1cccc(CNS(=O)(=O)CCO)c1. The van der Waals surface area contributed by atoms with Crippen LogP contribution in [0.2, 0.25) is 0 Å². The minimum Gasteiger partial charge on any atom is -0.395 e. The Bertz CT molecular complexity index is 491. The molecule has 0 atom stereocenters. The second-order valence-electron chi connectivity index (χ2n) is 3.18. The minimum atomic E-state index is -3.43.